The van der Waals surface area contributed by atoms with Gasteiger partial charge in [-0.2, -0.15) is 0 Å². The van der Waals surface area contributed by atoms with Crippen molar-refractivity contribution in [2.45, 2.75) is 19.3 Å². The Morgan fingerprint density at radius 2 is 1.88 bits per heavy atom. The summed E-state index contributed by atoms with van der Waals surface area (Å²) < 4.78 is 4.60. The minimum Gasteiger partial charge on any atom is -0.481 e. The second kappa shape index (κ2) is 5.30. The van der Waals surface area contributed by atoms with Crippen molar-refractivity contribution in [3.63, 3.8) is 0 Å². The largest absolute Gasteiger partial charge is 0.481 e. The Bertz CT molecular complexity index is 381. The summed E-state index contributed by atoms with van der Waals surface area (Å²) in [5.74, 6) is -2.27. The molecule has 1 rings (SSSR count). The molecule has 0 saturated heterocycles. The number of esters is 1. The van der Waals surface area contributed by atoms with Crippen molar-refractivity contribution in [2.24, 2.45) is 0 Å². The maximum Gasteiger partial charge on any atom is 0.313 e. The molecule has 0 amide bonds. The van der Waals surface area contributed by atoms with Gasteiger partial charge in [0, 0.05) is 0 Å². The van der Waals surface area contributed by atoms with Crippen LogP contribution in [0.15, 0.2) is 24.3 Å². The lowest BCUT2D eigenvalue weighted by Crippen LogP contribution is -2.17. The van der Waals surface area contributed by atoms with Crippen molar-refractivity contribution >= 4 is 11.9 Å². The third-order valence-corrected chi connectivity index (χ3v) is 2.34. The topological polar surface area (TPSA) is 63.6 Å². The molecule has 0 aromatic heterocycles. The molecule has 1 unspecified atom stereocenters. The quantitative estimate of drug-likeness (QED) is 0.788. The summed E-state index contributed by atoms with van der Waals surface area (Å²) in [6.07, 6.45) is -0.254. The molecule has 0 bridgehead atoms. The Morgan fingerprint density at radius 3 is 2.31 bits per heavy atom. The summed E-state index contributed by atoms with van der Waals surface area (Å²) in [7, 11) is 1.26. The third kappa shape index (κ3) is 3.08. The van der Waals surface area contributed by atoms with Crippen LogP contribution in [0.3, 0.4) is 0 Å². The van der Waals surface area contributed by atoms with Crippen LogP contribution in [-0.4, -0.2) is 24.2 Å². The SMILES string of the molecule is COC(=O)C(CC(=O)O)c1ccc(C)cc1. The highest BCUT2D eigenvalue weighted by atomic mass is 16.5. The molecule has 0 aliphatic carbocycles. The van der Waals surface area contributed by atoms with Crippen LogP contribution in [0.4, 0.5) is 0 Å². The van der Waals surface area contributed by atoms with E-state index in [0.717, 1.165) is 5.56 Å². The summed E-state index contributed by atoms with van der Waals surface area (Å²) in [4.78, 5) is 22.1. The van der Waals surface area contributed by atoms with Gasteiger partial charge >= 0.3 is 11.9 Å². The zero-order valence-corrected chi connectivity index (χ0v) is 9.27. The Hall–Kier alpha value is -1.84. The molecule has 1 aromatic rings. The maximum atomic E-state index is 11.4. The second-order valence-corrected chi connectivity index (χ2v) is 3.58. The van der Waals surface area contributed by atoms with Crippen molar-refractivity contribution in [3.8, 4) is 0 Å². The van der Waals surface area contributed by atoms with Crippen molar-refractivity contribution in [3.05, 3.63) is 35.4 Å². The number of carboxylic acid groups (broad SMARTS) is 1. The van der Waals surface area contributed by atoms with Crippen molar-refractivity contribution in [1.82, 2.24) is 0 Å². The zero-order chi connectivity index (χ0) is 12.1. The average Bonchev–Trinajstić information content (AvgIpc) is 2.26. The summed E-state index contributed by atoms with van der Waals surface area (Å²) >= 11 is 0. The van der Waals surface area contributed by atoms with Gasteiger partial charge in [0.05, 0.1) is 19.4 Å². The van der Waals surface area contributed by atoms with Crippen LogP contribution in [0, 0.1) is 6.92 Å². The van der Waals surface area contributed by atoms with Gasteiger partial charge in [-0.05, 0) is 12.5 Å². The molecule has 4 heteroatoms. The van der Waals surface area contributed by atoms with Crippen LogP contribution in [0.5, 0.6) is 0 Å². The normalized spacial score (nSPS) is 11.9. The number of carbonyl (C=O) groups excluding carboxylic acids is 1. The Morgan fingerprint density at radius 1 is 1.31 bits per heavy atom. The standard InChI is InChI=1S/C12H14O4/c1-8-3-5-9(6-4-8)10(7-11(13)14)12(15)16-2/h3-6,10H,7H2,1-2H3,(H,13,14). The number of methoxy groups -OCH3 is 1. The molecule has 16 heavy (non-hydrogen) atoms. The molecule has 0 heterocycles. The lowest BCUT2D eigenvalue weighted by molar-refractivity contribution is -0.147. The summed E-state index contributed by atoms with van der Waals surface area (Å²) in [5, 5.41) is 8.74. The molecule has 0 saturated carbocycles. The average molecular weight is 222 g/mol. The first-order valence-electron chi connectivity index (χ1n) is 4.90. The van der Waals surface area contributed by atoms with E-state index >= 15 is 0 Å². The van der Waals surface area contributed by atoms with E-state index in [1.165, 1.54) is 7.11 Å². The molecule has 1 aromatic carbocycles. The van der Waals surface area contributed by atoms with Crippen molar-refractivity contribution in [2.75, 3.05) is 7.11 Å². The Labute approximate surface area is 93.9 Å². The number of aryl methyl sites for hydroxylation is 1. The number of hydrogen-bond acceptors (Lipinski definition) is 3. The van der Waals surface area contributed by atoms with Gasteiger partial charge in [0.2, 0.25) is 0 Å². The highest BCUT2D eigenvalue weighted by Gasteiger charge is 2.24. The zero-order valence-electron chi connectivity index (χ0n) is 9.27. The summed E-state index contributed by atoms with van der Waals surface area (Å²) in [6.45, 7) is 1.92. The van der Waals surface area contributed by atoms with E-state index in [-0.39, 0.29) is 6.42 Å². The van der Waals surface area contributed by atoms with E-state index in [1.54, 1.807) is 12.1 Å². The molecule has 1 atom stereocenters. The molecular weight excluding hydrogens is 208 g/mol. The van der Waals surface area contributed by atoms with E-state index in [2.05, 4.69) is 4.74 Å². The minimum atomic E-state index is -1.02. The van der Waals surface area contributed by atoms with E-state index in [0.29, 0.717) is 5.56 Å². The van der Waals surface area contributed by atoms with Gasteiger partial charge in [-0.3, -0.25) is 9.59 Å². The number of ether oxygens (including phenoxy) is 1. The van der Waals surface area contributed by atoms with Crippen LogP contribution < -0.4 is 0 Å². The minimum absolute atomic E-state index is 0.254. The molecule has 0 aliphatic heterocycles. The van der Waals surface area contributed by atoms with Gasteiger partial charge in [-0.15, -0.1) is 0 Å². The fourth-order valence-electron chi connectivity index (χ4n) is 1.45. The number of rotatable bonds is 4. The van der Waals surface area contributed by atoms with Gasteiger partial charge in [-0.1, -0.05) is 29.8 Å². The molecule has 0 radical (unpaired) electrons. The fraction of sp³-hybridized carbons (Fsp3) is 0.333. The first kappa shape index (κ1) is 12.2. The first-order chi connectivity index (χ1) is 7.54. The number of carboxylic acids is 1. The van der Waals surface area contributed by atoms with Crippen LogP contribution in [0.2, 0.25) is 0 Å². The predicted octanol–water partition coefficient (Wildman–Crippen LogP) is 1.73. The maximum absolute atomic E-state index is 11.4. The van der Waals surface area contributed by atoms with Gasteiger partial charge in [0.25, 0.3) is 0 Å². The molecule has 4 nitrogen and oxygen atoms in total. The van der Waals surface area contributed by atoms with Gasteiger partial charge in [0.15, 0.2) is 0 Å². The van der Waals surface area contributed by atoms with E-state index in [9.17, 15) is 9.59 Å². The third-order valence-electron chi connectivity index (χ3n) is 2.34. The Balaban J connectivity index is 2.96. The highest BCUT2D eigenvalue weighted by molar-refractivity contribution is 5.83. The van der Waals surface area contributed by atoms with Gasteiger partial charge in [-0.25, -0.2) is 0 Å². The monoisotopic (exact) mass is 222 g/mol. The van der Waals surface area contributed by atoms with Gasteiger partial charge in [0.1, 0.15) is 0 Å². The number of carbonyl (C=O) groups is 2. The lowest BCUT2D eigenvalue weighted by atomic mass is 9.95. The molecule has 0 spiro atoms. The highest BCUT2D eigenvalue weighted by Crippen LogP contribution is 2.21. The van der Waals surface area contributed by atoms with E-state index in [4.69, 9.17) is 5.11 Å². The van der Waals surface area contributed by atoms with Gasteiger partial charge < -0.3 is 9.84 Å². The predicted molar refractivity (Wildman–Crippen MR) is 58.2 cm³/mol. The van der Waals surface area contributed by atoms with Crippen LogP contribution >= 0.6 is 0 Å². The number of hydrogen-bond donors (Lipinski definition) is 1. The Kier molecular flexibility index (Phi) is 4.05. The van der Waals surface area contributed by atoms with Crippen molar-refractivity contribution < 1.29 is 19.4 Å². The van der Waals surface area contributed by atoms with E-state index < -0.39 is 17.9 Å². The molecule has 0 fully saturated rings. The second-order valence-electron chi connectivity index (χ2n) is 3.58. The molecule has 86 valence electrons. The first-order valence-corrected chi connectivity index (χ1v) is 4.90. The van der Waals surface area contributed by atoms with Crippen LogP contribution in [0.1, 0.15) is 23.5 Å². The molecular formula is C12H14O4. The van der Waals surface area contributed by atoms with E-state index in [1.807, 2.05) is 19.1 Å². The van der Waals surface area contributed by atoms with Crippen LogP contribution in [-0.2, 0) is 14.3 Å². The molecule has 1 N–H and O–H groups in total. The van der Waals surface area contributed by atoms with Crippen LogP contribution in [0.25, 0.3) is 0 Å². The summed E-state index contributed by atoms with van der Waals surface area (Å²) in [5.41, 5.74) is 1.72. The molecule has 0 aliphatic rings. The number of aliphatic carboxylic acids is 1. The smallest absolute Gasteiger partial charge is 0.313 e. The summed E-state index contributed by atoms with van der Waals surface area (Å²) in [6, 6.07) is 7.18. The van der Waals surface area contributed by atoms with Crippen molar-refractivity contribution in [1.29, 1.82) is 0 Å². The lowest BCUT2D eigenvalue weighted by Gasteiger charge is -2.12. The number of benzene rings is 1. The fourth-order valence-corrected chi connectivity index (χ4v) is 1.45.